The van der Waals surface area contributed by atoms with Crippen molar-refractivity contribution in [3.8, 4) is 0 Å². The number of nitrogens with two attached hydrogens (primary N) is 1. The van der Waals surface area contributed by atoms with E-state index < -0.39 is 0 Å². The molecule has 0 radical (unpaired) electrons. The number of anilines is 1. The molecule has 0 unspecified atom stereocenters. The van der Waals surface area contributed by atoms with E-state index in [2.05, 4.69) is 10.4 Å². The van der Waals surface area contributed by atoms with E-state index in [1.165, 1.54) is 0 Å². The molecule has 0 spiro atoms. The summed E-state index contributed by atoms with van der Waals surface area (Å²) in [5.74, 6) is 0. The van der Waals surface area contributed by atoms with Crippen molar-refractivity contribution in [3.05, 3.63) is 12.4 Å². The molecule has 4 nitrogen and oxygen atoms in total. The molecular weight excluding hydrogens is 128 g/mol. The second-order valence-electron chi connectivity index (χ2n) is 2.14. The number of likely N-dealkylation sites (N-methyl/N-ethyl adjacent to an activating group) is 1. The van der Waals surface area contributed by atoms with Crippen LogP contribution in [0.25, 0.3) is 0 Å². The van der Waals surface area contributed by atoms with Gasteiger partial charge >= 0.3 is 0 Å². The third-order valence-corrected chi connectivity index (χ3v) is 1.24. The number of aromatic nitrogens is 2. The summed E-state index contributed by atoms with van der Waals surface area (Å²) in [6.45, 7) is 1.79. The molecule has 0 aliphatic heterocycles. The maximum Gasteiger partial charge on any atom is 0.0719 e. The molecule has 0 aliphatic rings. The van der Waals surface area contributed by atoms with E-state index >= 15 is 0 Å². The summed E-state index contributed by atoms with van der Waals surface area (Å²) < 4.78 is 1.81. The second kappa shape index (κ2) is 3.22. The number of nitrogens with one attached hydrogen (secondary N) is 1. The Labute approximate surface area is 60.0 Å². The van der Waals surface area contributed by atoms with Gasteiger partial charge in [0.1, 0.15) is 0 Å². The zero-order valence-corrected chi connectivity index (χ0v) is 6.04. The first kappa shape index (κ1) is 7.08. The molecule has 3 N–H and O–H groups in total. The number of hydrogen-bond acceptors (Lipinski definition) is 3. The van der Waals surface area contributed by atoms with E-state index in [1.807, 2.05) is 17.9 Å². The van der Waals surface area contributed by atoms with E-state index in [-0.39, 0.29) is 0 Å². The van der Waals surface area contributed by atoms with Gasteiger partial charge in [-0.05, 0) is 7.05 Å². The molecule has 1 heterocycles. The highest BCUT2D eigenvalue weighted by Gasteiger charge is 1.90. The summed E-state index contributed by atoms with van der Waals surface area (Å²) in [6.07, 6.45) is 3.47. The number of rotatable bonds is 3. The lowest BCUT2D eigenvalue weighted by Gasteiger charge is -1.97. The van der Waals surface area contributed by atoms with Gasteiger partial charge in [0.15, 0.2) is 0 Å². The first-order valence-corrected chi connectivity index (χ1v) is 3.25. The Morgan fingerprint density at radius 1 is 1.80 bits per heavy atom. The summed E-state index contributed by atoms with van der Waals surface area (Å²) in [6, 6.07) is 0. The first-order chi connectivity index (χ1) is 4.83. The average molecular weight is 140 g/mol. The fourth-order valence-electron chi connectivity index (χ4n) is 0.728. The minimum atomic E-state index is 0.719. The van der Waals surface area contributed by atoms with Crippen molar-refractivity contribution in [2.75, 3.05) is 19.3 Å². The van der Waals surface area contributed by atoms with Crippen LogP contribution < -0.4 is 11.1 Å². The molecule has 0 saturated carbocycles. The number of hydrogen-bond donors (Lipinski definition) is 2. The van der Waals surface area contributed by atoms with Gasteiger partial charge in [0.05, 0.1) is 18.4 Å². The van der Waals surface area contributed by atoms with Crippen molar-refractivity contribution in [2.45, 2.75) is 6.54 Å². The van der Waals surface area contributed by atoms with Crippen LogP contribution in [0.1, 0.15) is 0 Å². The fraction of sp³-hybridized carbons (Fsp3) is 0.500. The van der Waals surface area contributed by atoms with Gasteiger partial charge in [0, 0.05) is 12.7 Å². The molecule has 1 rings (SSSR count). The third-order valence-electron chi connectivity index (χ3n) is 1.24. The Kier molecular flexibility index (Phi) is 2.28. The third kappa shape index (κ3) is 1.73. The van der Waals surface area contributed by atoms with E-state index in [0.717, 1.165) is 18.8 Å². The van der Waals surface area contributed by atoms with Crippen LogP contribution >= 0.6 is 0 Å². The smallest absolute Gasteiger partial charge is 0.0719 e. The molecule has 1 aromatic rings. The van der Waals surface area contributed by atoms with Crippen LogP contribution in [0.3, 0.4) is 0 Å². The topological polar surface area (TPSA) is 55.9 Å². The largest absolute Gasteiger partial charge is 0.396 e. The van der Waals surface area contributed by atoms with Crippen LogP contribution in [0.5, 0.6) is 0 Å². The molecule has 0 atom stereocenters. The molecule has 0 amide bonds. The maximum absolute atomic E-state index is 5.45. The highest BCUT2D eigenvalue weighted by Crippen LogP contribution is 1.95. The lowest BCUT2D eigenvalue weighted by Crippen LogP contribution is -2.14. The SMILES string of the molecule is CNCCn1cc(N)cn1. The van der Waals surface area contributed by atoms with Crippen molar-refractivity contribution < 1.29 is 0 Å². The van der Waals surface area contributed by atoms with Crippen LogP contribution in [0.15, 0.2) is 12.4 Å². The lowest BCUT2D eigenvalue weighted by molar-refractivity contribution is 0.585. The summed E-state index contributed by atoms with van der Waals surface area (Å²) in [7, 11) is 1.91. The van der Waals surface area contributed by atoms with Crippen LogP contribution in [0, 0.1) is 0 Å². The zero-order chi connectivity index (χ0) is 7.40. The Morgan fingerprint density at radius 2 is 2.60 bits per heavy atom. The standard InChI is InChI=1S/C6H12N4/c1-8-2-3-10-5-6(7)4-9-10/h4-5,8H,2-3,7H2,1H3. The Morgan fingerprint density at radius 3 is 3.10 bits per heavy atom. The van der Waals surface area contributed by atoms with Gasteiger partial charge in [-0.2, -0.15) is 5.10 Å². The van der Waals surface area contributed by atoms with Gasteiger partial charge in [0.25, 0.3) is 0 Å². The van der Waals surface area contributed by atoms with Crippen molar-refractivity contribution in [3.63, 3.8) is 0 Å². The molecule has 0 aromatic carbocycles. The van der Waals surface area contributed by atoms with Gasteiger partial charge in [-0.25, -0.2) is 0 Å². The first-order valence-electron chi connectivity index (χ1n) is 3.25. The number of nitrogens with zero attached hydrogens (tertiary/aromatic N) is 2. The number of nitrogen functional groups attached to an aromatic ring is 1. The molecule has 0 fully saturated rings. The van der Waals surface area contributed by atoms with Crippen molar-refractivity contribution >= 4 is 5.69 Å². The zero-order valence-electron chi connectivity index (χ0n) is 6.04. The van der Waals surface area contributed by atoms with Crippen molar-refractivity contribution in [2.24, 2.45) is 0 Å². The monoisotopic (exact) mass is 140 g/mol. The van der Waals surface area contributed by atoms with Gasteiger partial charge < -0.3 is 11.1 Å². The van der Waals surface area contributed by atoms with E-state index in [9.17, 15) is 0 Å². The van der Waals surface area contributed by atoms with Crippen LogP contribution in [0.2, 0.25) is 0 Å². The quantitative estimate of drug-likeness (QED) is 0.605. The Bertz CT molecular complexity index is 193. The minimum Gasteiger partial charge on any atom is -0.396 e. The Hall–Kier alpha value is -1.03. The molecule has 56 valence electrons. The molecule has 0 bridgehead atoms. The lowest BCUT2D eigenvalue weighted by atomic mass is 10.6. The van der Waals surface area contributed by atoms with Gasteiger partial charge in [-0.15, -0.1) is 0 Å². The summed E-state index contributed by atoms with van der Waals surface area (Å²) in [5.41, 5.74) is 6.17. The second-order valence-corrected chi connectivity index (χ2v) is 2.14. The minimum absolute atomic E-state index is 0.719. The molecular formula is C6H12N4. The fourth-order valence-corrected chi connectivity index (χ4v) is 0.728. The molecule has 1 aromatic heterocycles. The average Bonchev–Trinajstić information content (AvgIpc) is 2.31. The molecule has 0 saturated heterocycles. The summed E-state index contributed by atoms with van der Waals surface area (Å²) >= 11 is 0. The van der Waals surface area contributed by atoms with Crippen molar-refractivity contribution in [1.82, 2.24) is 15.1 Å². The van der Waals surface area contributed by atoms with Gasteiger partial charge in [0.2, 0.25) is 0 Å². The normalized spacial score (nSPS) is 10.1. The Balaban J connectivity index is 2.42. The highest BCUT2D eigenvalue weighted by molar-refractivity contribution is 5.30. The van der Waals surface area contributed by atoms with Crippen LogP contribution in [-0.4, -0.2) is 23.4 Å². The molecule has 0 aliphatic carbocycles. The summed E-state index contributed by atoms with van der Waals surface area (Å²) in [4.78, 5) is 0. The van der Waals surface area contributed by atoms with Crippen LogP contribution in [0.4, 0.5) is 5.69 Å². The predicted molar refractivity (Wildman–Crippen MR) is 40.6 cm³/mol. The predicted octanol–water partition coefficient (Wildman–Crippen LogP) is -0.315. The molecule has 10 heavy (non-hydrogen) atoms. The summed E-state index contributed by atoms with van der Waals surface area (Å²) in [5, 5.41) is 7.03. The highest BCUT2D eigenvalue weighted by atomic mass is 15.3. The van der Waals surface area contributed by atoms with Gasteiger partial charge in [-0.3, -0.25) is 4.68 Å². The molecule has 4 heteroatoms. The van der Waals surface area contributed by atoms with E-state index in [0.29, 0.717) is 0 Å². The maximum atomic E-state index is 5.45. The van der Waals surface area contributed by atoms with Crippen LogP contribution in [-0.2, 0) is 6.54 Å². The van der Waals surface area contributed by atoms with E-state index in [4.69, 9.17) is 5.73 Å². The van der Waals surface area contributed by atoms with Gasteiger partial charge in [-0.1, -0.05) is 0 Å². The van der Waals surface area contributed by atoms with E-state index in [1.54, 1.807) is 6.20 Å². The van der Waals surface area contributed by atoms with Crippen molar-refractivity contribution in [1.29, 1.82) is 0 Å².